The molecule has 82 valence electrons. The normalized spacial score (nSPS) is 10.3. The Bertz CT molecular complexity index is 519. The third-order valence-electron chi connectivity index (χ3n) is 2.10. The van der Waals surface area contributed by atoms with Crippen LogP contribution in [0.25, 0.3) is 11.5 Å². The largest absolute Gasteiger partial charge is 0.481 e. The number of aryl methyl sites for hydroxylation is 1. The van der Waals surface area contributed by atoms with Crippen molar-refractivity contribution in [3.05, 3.63) is 36.0 Å². The number of nitrogens with zero attached hydrogens (tertiary/aromatic N) is 2. The molecule has 0 spiro atoms. The molecular formula is C11H10N2O3. The lowest BCUT2D eigenvalue weighted by molar-refractivity contribution is -0.136. The van der Waals surface area contributed by atoms with Crippen LogP contribution < -0.4 is 0 Å². The maximum Gasteiger partial charge on any atom is 0.307 e. The van der Waals surface area contributed by atoms with Gasteiger partial charge in [0.25, 0.3) is 0 Å². The smallest absolute Gasteiger partial charge is 0.307 e. The number of hydrogen-bond acceptors (Lipinski definition) is 4. The molecule has 0 radical (unpaired) electrons. The highest BCUT2D eigenvalue weighted by Gasteiger charge is 2.13. The van der Waals surface area contributed by atoms with Crippen molar-refractivity contribution < 1.29 is 14.3 Å². The van der Waals surface area contributed by atoms with Crippen LogP contribution >= 0.6 is 0 Å². The van der Waals surface area contributed by atoms with E-state index in [1.807, 2.05) is 0 Å². The topological polar surface area (TPSA) is 76.2 Å². The molecule has 0 saturated carbocycles. The highest BCUT2D eigenvalue weighted by atomic mass is 16.4. The van der Waals surface area contributed by atoms with Gasteiger partial charge in [-0.2, -0.15) is 0 Å². The van der Waals surface area contributed by atoms with Crippen molar-refractivity contribution in [1.29, 1.82) is 0 Å². The fourth-order valence-electron chi connectivity index (χ4n) is 1.45. The van der Waals surface area contributed by atoms with E-state index in [0.717, 1.165) is 0 Å². The van der Waals surface area contributed by atoms with Gasteiger partial charge in [0.05, 0.1) is 12.7 Å². The quantitative estimate of drug-likeness (QED) is 0.847. The summed E-state index contributed by atoms with van der Waals surface area (Å²) >= 11 is 0. The maximum absolute atomic E-state index is 10.6. The highest BCUT2D eigenvalue weighted by molar-refractivity contribution is 5.73. The van der Waals surface area contributed by atoms with Crippen LogP contribution in [0.4, 0.5) is 0 Å². The van der Waals surface area contributed by atoms with Gasteiger partial charge in [0.2, 0.25) is 0 Å². The van der Waals surface area contributed by atoms with Crippen molar-refractivity contribution in [3.8, 4) is 11.5 Å². The first kappa shape index (κ1) is 10.4. The predicted molar refractivity (Wildman–Crippen MR) is 55.8 cm³/mol. The molecule has 0 aromatic carbocycles. The minimum Gasteiger partial charge on any atom is -0.481 e. The van der Waals surface area contributed by atoms with E-state index in [1.165, 1.54) is 6.26 Å². The van der Waals surface area contributed by atoms with Crippen molar-refractivity contribution in [2.24, 2.45) is 0 Å². The Morgan fingerprint density at radius 1 is 1.50 bits per heavy atom. The molecule has 2 heterocycles. The maximum atomic E-state index is 10.6. The summed E-state index contributed by atoms with van der Waals surface area (Å²) in [5, 5.41) is 8.74. The van der Waals surface area contributed by atoms with Gasteiger partial charge in [0.15, 0.2) is 5.76 Å². The van der Waals surface area contributed by atoms with E-state index < -0.39 is 5.97 Å². The molecule has 0 aliphatic carbocycles. The summed E-state index contributed by atoms with van der Waals surface area (Å²) in [6.45, 7) is 1.77. The van der Waals surface area contributed by atoms with Crippen molar-refractivity contribution >= 4 is 5.97 Å². The molecule has 0 bridgehead atoms. The molecule has 1 N–H and O–H groups in total. The summed E-state index contributed by atoms with van der Waals surface area (Å²) in [5.41, 5.74) is 1.22. The summed E-state index contributed by atoms with van der Waals surface area (Å²) in [7, 11) is 0. The summed E-state index contributed by atoms with van der Waals surface area (Å²) in [5.74, 6) is 0.219. The van der Waals surface area contributed by atoms with Crippen LogP contribution in [0.2, 0.25) is 0 Å². The lowest BCUT2D eigenvalue weighted by atomic mass is 10.1. The molecule has 2 aromatic rings. The standard InChI is InChI=1S/C11H10N2O3/c1-7-12-4-2-9(13-7)11-8(3-5-16-11)6-10(14)15/h2-5H,6H2,1H3,(H,14,15). The Morgan fingerprint density at radius 2 is 2.31 bits per heavy atom. The molecule has 0 saturated heterocycles. The summed E-state index contributed by atoms with van der Waals surface area (Å²) in [6, 6.07) is 3.33. The van der Waals surface area contributed by atoms with E-state index in [9.17, 15) is 4.79 Å². The van der Waals surface area contributed by atoms with E-state index in [-0.39, 0.29) is 6.42 Å². The van der Waals surface area contributed by atoms with Crippen LogP contribution in [0.5, 0.6) is 0 Å². The number of rotatable bonds is 3. The van der Waals surface area contributed by atoms with Gasteiger partial charge in [-0.1, -0.05) is 0 Å². The first-order valence-corrected chi connectivity index (χ1v) is 4.75. The minimum atomic E-state index is -0.895. The fraction of sp³-hybridized carbons (Fsp3) is 0.182. The zero-order valence-corrected chi connectivity index (χ0v) is 8.67. The van der Waals surface area contributed by atoms with Gasteiger partial charge >= 0.3 is 5.97 Å². The number of hydrogen-bond donors (Lipinski definition) is 1. The molecule has 2 aromatic heterocycles. The number of aliphatic carboxylic acids is 1. The number of furan rings is 1. The van der Waals surface area contributed by atoms with Gasteiger partial charge in [0, 0.05) is 11.8 Å². The van der Waals surface area contributed by atoms with E-state index in [0.29, 0.717) is 22.8 Å². The summed E-state index contributed by atoms with van der Waals surface area (Å²) in [6.07, 6.45) is 3.00. The average Bonchev–Trinajstić information content (AvgIpc) is 2.65. The number of carboxylic acid groups (broad SMARTS) is 1. The zero-order chi connectivity index (χ0) is 11.5. The SMILES string of the molecule is Cc1nccc(-c2occc2CC(=O)O)n1. The Kier molecular flexibility index (Phi) is 2.68. The van der Waals surface area contributed by atoms with Gasteiger partial charge in [0.1, 0.15) is 11.5 Å². The molecule has 0 atom stereocenters. The van der Waals surface area contributed by atoms with Crippen molar-refractivity contribution in [1.82, 2.24) is 9.97 Å². The van der Waals surface area contributed by atoms with Crippen LogP contribution in [0, 0.1) is 6.92 Å². The van der Waals surface area contributed by atoms with E-state index in [2.05, 4.69) is 9.97 Å². The average molecular weight is 218 g/mol. The van der Waals surface area contributed by atoms with Crippen LogP contribution in [-0.4, -0.2) is 21.0 Å². The fourth-order valence-corrected chi connectivity index (χ4v) is 1.45. The molecule has 0 aliphatic heterocycles. The van der Waals surface area contributed by atoms with E-state index >= 15 is 0 Å². The first-order valence-electron chi connectivity index (χ1n) is 4.75. The monoisotopic (exact) mass is 218 g/mol. The second kappa shape index (κ2) is 4.14. The van der Waals surface area contributed by atoms with Gasteiger partial charge < -0.3 is 9.52 Å². The van der Waals surface area contributed by atoms with E-state index in [1.54, 1.807) is 25.3 Å². The molecule has 0 amide bonds. The lowest BCUT2D eigenvalue weighted by Crippen LogP contribution is -2.00. The summed E-state index contributed by atoms with van der Waals surface area (Å²) in [4.78, 5) is 18.8. The molecule has 5 nitrogen and oxygen atoms in total. The van der Waals surface area contributed by atoms with Crippen LogP contribution in [-0.2, 0) is 11.2 Å². The van der Waals surface area contributed by atoms with Crippen LogP contribution in [0.1, 0.15) is 11.4 Å². The molecule has 5 heteroatoms. The number of carbonyl (C=O) groups is 1. The predicted octanol–water partition coefficient (Wildman–Crippen LogP) is 1.67. The number of carboxylic acids is 1. The third kappa shape index (κ3) is 2.08. The molecule has 0 fully saturated rings. The Balaban J connectivity index is 2.40. The van der Waals surface area contributed by atoms with Crippen molar-refractivity contribution in [2.45, 2.75) is 13.3 Å². The Hall–Kier alpha value is -2.17. The van der Waals surface area contributed by atoms with Crippen LogP contribution in [0.15, 0.2) is 29.0 Å². The zero-order valence-electron chi connectivity index (χ0n) is 8.67. The molecule has 0 unspecified atom stereocenters. The van der Waals surface area contributed by atoms with Gasteiger partial charge in [-0.05, 0) is 19.1 Å². The highest BCUT2D eigenvalue weighted by Crippen LogP contribution is 2.23. The van der Waals surface area contributed by atoms with Crippen LogP contribution in [0.3, 0.4) is 0 Å². The van der Waals surface area contributed by atoms with Gasteiger partial charge in [-0.15, -0.1) is 0 Å². The van der Waals surface area contributed by atoms with E-state index in [4.69, 9.17) is 9.52 Å². The molecule has 2 rings (SSSR count). The second-order valence-electron chi connectivity index (χ2n) is 3.33. The molecule has 16 heavy (non-hydrogen) atoms. The molecule has 0 aliphatic rings. The number of aromatic nitrogens is 2. The Labute approximate surface area is 91.8 Å². The molecular weight excluding hydrogens is 208 g/mol. The van der Waals surface area contributed by atoms with Gasteiger partial charge in [-0.3, -0.25) is 4.79 Å². The second-order valence-corrected chi connectivity index (χ2v) is 3.33. The minimum absolute atomic E-state index is 0.0745. The lowest BCUT2D eigenvalue weighted by Gasteiger charge is -2.00. The summed E-state index contributed by atoms with van der Waals surface area (Å²) < 4.78 is 5.25. The first-order chi connectivity index (χ1) is 7.66. The third-order valence-corrected chi connectivity index (χ3v) is 2.10. The van der Waals surface area contributed by atoms with Crippen molar-refractivity contribution in [3.63, 3.8) is 0 Å². The van der Waals surface area contributed by atoms with Gasteiger partial charge in [-0.25, -0.2) is 9.97 Å². The Morgan fingerprint density at radius 3 is 3.00 bits per heavy atom. The van der Waals surface area contributed by atoms with Crippen molar-refractivity contribution in [2.75, 3.05) is 0 Å².